The van der Waals surface area contributed by atoms with E-state index in [1.807, 2.05) is 4.72 Å². The van der Waals surface area contributed by atoms with Crippen molar-refractivity contribution in [1.82, 2.24) is 4.98 Å². The van der Waals surface area contributed by atoms with Gasteiger partial charge in [-0.05, 0) is 42.8 Å². The lowest BCUT2D eigenvalue weighted by atomic mass is 10.2. The molecule has 1 aromatic heterocycles. The van der Waals surface area contributed by atoms with Gasteiger partial charge in [-0.2, -0.15) is 13.2 Å². The number of hydrogen-bond donors (Lipinski definition) is 1. The number of pyridine rings is 1. The summed E-state index contributed by atoms with van der Waals surface area (Å²) in [6.45, 7) is 1.67. The fourth-order valence-electron chi connectivity index (χ4n) is 1.74. The van der Waals surface area contributed by atoms with Gasteiger partial charge in [0, 0.05) is 6.20 Å². The molecule has 1 heterocycles. The van der Waals surface area contributed by atoms with Crippen LogP contribution in [0.2, 0.25) is 0 Å². The van der Waals surface area contributed by atoms with Crippen LogP contribution in [0.25, 0.3) is 0 Å². The van der Waals surface area contributed by atoms with Crippen molar-refractivity contribution in [2.75, 3.05) is 4.72 Å². The Morgan fingerprint density at radius 1 is 1.14 bits per heavy atom. The zero-order valence-electron chi connectivity index (χ0n) is 11.1. The first-order valence-corrected chi connectivity index (χ1v) is 7.40. The van der Waals surface area contributed by atoms with E-state index in [2.05, 4.69) is 4.98 Å². The molecule has 9 heteroatoms. The van der Waals surface area contributed by atoms with E-state index in [-0.39, 0.29) is 11.9 Å². The number of rotatable bonds is 3. The van der Waals surface area contributed by atoms with Gasteiger partial charge in [0.15, 0.2) is 0 Å². The van der Waals surface area contributed by atoms with Gasteiger partial charge in [0.05, 0.1) is 10.5 Å². The van der Waals surface area contributed by atoms with Crippen LogP contribution in [-0.2, 0) is 16.2 Å². The van der Waals surface area contributed by atoms with Crippen LogP contribution in [0.15, 0.2) is 41.4 Å². The Morgan fingerprint density at radius 3 is 2.41 bits per heavy atom. The number of anilines is 1. The summed E-state index contributed by atoms with van der Waals surface area (Å²) in [5.41, 5.74) is -0.907. The Bertz CT molecular complexity index is 804. The summed E-state index contributed by atoms with van der Waals surface area (Å²) in [6.07, 6.45) is -3.70. The average Bonchev–Trinajstić information content (AvgIpc) is 2.36. The summed E-state index contributed by atoms with van der Waals surface area (Å²) in [6, 6.07) is 4.30. The number of nitrogens with zero attached hydrogens (tertiary/aromatic N) is 1. The van der Waals surface area contributed by atoms with E-state index < -0.39 is 32.5 Å². The van der Waals surface area contributed by atoms with E-state index in [4.69, 9.17) is 0 Å². The summed E-state index contributed by atoms with van der Waals surface area (Å²) in [5, 5.41) is 0. The molecule has 22 heavy (non-hydrogen) atoms. The van der Waals surface area contributed by atoms with Gasteiger partial charge in [0.25, 0.3) is 10.0 Å². The largest absolute Gasteiger partial charge is 0.417 e. The van der Waals surface area contributed by atoms with Crippen molar-refractivity contribution in [3.8, 4) is 0 Å². The van der Waals surface area contributed by atoms with Crippen molar-refractivity contribution < 1.29 is 26.0 Å². The molecular weight excluding hydrogens is 324 g/mol. The molecule has 0 spiro atoms. The van der Waals surface area contributed by atoms with Gasteiger partial charge >= 0.3 is 6.18 Å². The van der Waals surface area contributed by atoms with Gasteiger partial charge in [-0.3, -0.25) is 4.72 Å². The normalized spacial score (nSPS) is 12.2. The summed E-state index contributed by atoms with van der Waals surface area (Å²) in [7, 11) is -4.56. The highest BCUT2D eigenvalue weighted by atomic mass is 32.2. The van der Waals surface area contributed by atoms with Crippen molar-refractivity contribution in [1.29, 1.82) is 0 Å². The molecular formula is C13H10F4N2O2S. The number of alkyl halides is 3. The van der Waals surface area contributed by atoms with E-state index in [1.54, 1.807) is 13.0 Å². The van der Waals surface area contributed by atoms with Crippen LogP contribution < -0.4 is 4.72 Å². The maximum atomic E-state index is 13.0. The molecule has 0 amide bonds. The number of benzene rings is 1. The van der Waals surface area contributed by atoms with E-state index in [0.29, 0.717) is 17.7 Å². The molecule has 0 atom stereocenters. The summed E-state index contributed by atoms with van der Waals surface area (Å²) < 4.78 is 77.9. The molecule has 2 rings (SSSR count). The zero-order chi connectivity index (χ0) is 16.5. The number of nitrogens with one attached hydrogen (secondary N) is 1. The third kappa shape index (κ3) is 3.53. The molecule has 4 nitrogen and oxygen atoms in total. The predicted octanol–water partition coefficient (Wildman–Crippen LogP) is 3.35. The van der Waals surface area contributed by atoms with Crippen LogP contribution in [0.1, 0.15) is 11.1 Å². The van der Waals surface area contributed by atoms with Crippen molar-refractivity contribution in [3.05, 3.63) is 53.5 Å². The predicted molar refractivity (Wildman–Crippen MR) is 71.2 cm³/mol. The summed E-state index contributed by atoms with van der Waals surface area (Å²) >= 11 is 0. The van der Waals surface area contributed by atoms with Crippen molar-refractivity contribution in [3.63, 3.8) is 0 Å². The highest BCUT2D eigenvalue weighted by Gasteiger charge is 2.37. The monoisotopic (exact) mass is 334 g/mol. The topological polar surface area (TPSA) is 59.1 Å². The molecule has 1 aromatic carbocycles. The molecule has 0 aliphatic rings. The van der Waals surface area contributed by atoms with Crippen molar-refractivity contribution in [2.45, 2.75) is 18.0 Å². The first-order chi connectivity index (χ1) is 10.1. The smallest absolute Gasteiger partial charge is 0.263 e. The molecule has 0 radical (unpaired) electrons. The maximum absolute atomic E-state index is 13.0. The zero-order valence-corrected chi connectivity index (χ0v) is 12.0. The van der Waals surface area contributed by atoms with Gasteiger partial charge in [-0.1, -0.05) is 0 Å². The third-order valence-electron chi connectivity index (χ3n) is 2.69. The standard InChI is InChI=1S/C13H10F4N2O2S/c1-8-4-5-18-12(6-8)19-22(20,21)11-3-2-9(14)7-10(11)13(15,16)17/h2-7H,1H3,(H,18,19). The molecule has 1 N–H and O–H groups in total. The van der Waals surface area contributed by atoms with Gasteiger partial charge < -0.3 is 0 Å². The van der Waals surface area contributed by atoms with Crippen LogP contribution in [0.4, 0.5) is 23.4 Å². The molecule has 118 valence electrons. The molecule has 0 bridgehead atoms. The molecule has 2 aromatic rings. The minimum atomic E-state index is -5.01. The maximum Gasteiger partial charge on any atom is 0.417 e. The summed E-state index contributed by atoms with van der Waals surface area (Å²) in [4.78, 5) is 2.65. The SMILES string of the molecule is Cc1ccnc(NS(=O)(=O)c2ccc(F)cc2C(F)(F)F)c1. The van der Waals surface area contributed by atoms with Crippen LogP contribution in [0.3, 0.4) is 0 Å². The lowest BCUT2D eigenvalue weighted by Gasteiger charge is -2.14. The number of aromatic nitrogens is 1. The first kappa shape index (κ1) is 16.2. The number of sulfonamides is 1. The minimum Gasteiger partial charge on any atom is -0.263 e. The van der Waals surface area contributed by atoms with E-state index in [1.165, 1.54) is 12.3 Å². The fourth-order valence-corrected chi connectivity index (χ4v) is 2.95. The lowest BCUT2D eigenvalue weighted by Crippen LogP contribution is -2.19. The molecule has 0 saturated heterocycles. The Balaban J connectivity index is 2.50. The van der Waals surface area contributed by atoms with E-state index in [9.17, 15) is 26.0 Å². The number of hydrogen-bond acceptors (Lipinski definition) is 3. The van der Waals surface area contributed by atoms with E-state index >= 15 is 0 Å². The Hall–Kier alpha value is -2.16. The molecule has 0 saturated carbocycles. The Morgan fingerprint density at radius 2 is 1.82 bits per heavy atom. The number of halogens is 4. The summed E-state index contributed by atoms with van der Waals surface area (Å²) in [5.74, 6) is -1.31. The highest BCUT2D eigenvalue weighted by molar-refractivity contribution is 7.92. The van der Waals surface area contributed by atoms with Crippen LogP contribution in [0, 0.1) is 12.7 Å². The molecule has 0 aliphatic carbocycles. The third-order valence-corrected chi connectivity index (χ3v) is 4.10. The Labute approximate surface area is 123 Å². The molecule has 0 aliphatic heterocycles. The van der Waals surface area contributed by atoms with Crippen LogP contribution >= 0.6 is 0 Å². The number of aryl methyl sites for hydroxylation is 1. The van der Waals surface area contributed by atoms with Crippen LogP contribution in [0.5, 0.6) is 0 Å². The minimum absolute atomic E-state index is 0.127. The second kappa shape index (κ2) is 5.56. The molecule has 0 unspecified atom stereocenters. The highest BCUT2D eigenvalue weighted by Crippen LogP contribution is 2.35. The van der Waals surface area contributed by atoms with E-state index in [0.717, 1.165) is 0 Å². The second-order valence-corrected chi connectivity index (χ2v) is 6.11. The van der Waals surface area contributed by atoms with Crippen molar-refractivity contribution in [2.24, 2.45) is 0 Å². The Kier molecular flexibility index (Phi) is 4.10. The van der Waals surface area contributed by atoms with Crippen LogP contribution in [-0.4, -0.2) is 13.4 Å². The first-order valence-electron chi connectivity index (χ1n) is 5.92. The second-order valence-electron chi connectivity index (χ2n) is 4.46. The molecule has 0 fully saturated rings. The van der Waals surface area contributed by atoms with Gasteiger partial charge in [-0.15, -0.1) is 0 Å². The van der Waals surface area contributed by atoms with Gasteiger partial charge in [0.1, 0.15) is 11.6 Å². The lowest BCUT2D eigenvalue weighted by molar-refractivity contribution is -0.140. The average molecular weight is 334 g/mol. The fraction of sp³-hybridized carbons (Fsp3) is 0.154. The van der Waals surface area contributed by atoms with Gasteiger partial charge in [0.2, 0.25) is 0 Å². The quantitative estimate of drug-likeness (QED) is 0.876. The van der Waals surface area contributed by atoms with Crippen molar-refractivity contribution >= 4 is 15.8 Å². The van der Waals surface area contributed by atoms with Gasteiger partial charge in [-0.25, -0.2) is 17.8 Å².